The SMILES string of the molecule is CN=C(NCc1c(Cl)cccc1N1CCN(C)CC1)N(C)CC(=O)NC(C)(C)C.I. The van der Waals surface area contributed by atoms with E-state index in [2.05, 4.69) is 38.5 Å². The van der Waals surface area contributed by atoms with E-state index in [0.29, 0.717) is 12.5 Å². The summed E-state index contributed by atoms with van der Waals surface area (Å²) in [5.74, 6) is 0.608. The second-order valence-corrected chi connectivity index (χ2v) is 8.99. The van der Waals surface area contributed by atoms with Crippen LogP contribution in [-0.4, -0.2) is 81.1 Å². The van der Waals surface area contributed by atoms with E-state index in [1.165, 1.54) is 0 Å². The van der Waals surface area contributed by atoms with Crippen LogP contribution in [0.3, 0.4) is 0 Å². The largest absolute Gasteiger partial charge is 0.369 e. The van der Waals surface area contributed by atoms with E-state index >= 15 is 0 Å². The van der Waals surface area contributed by atoms with Gasteiger partial charge in [0.1, 0.15) is 0 Å². The highest BCUT2D eigenvalue weighted by molar-refractivity contribution is 14.0. The summed E-state index contributed by atoms with van der Waals surface area (Å²) in [4.78, 5) is 23.1. The van der Waals surface area contributed by atoms with Gasteiger partial charge in [0.25, 0.3) is 0 Å². The summed E-state index contributed by atoms with van der Waals surface area (Å²) in [6.45, 7) is 10.7. The van der Waals surface area contributed by atoms with Crippen molar-refractivity contribution in [2.75, 3.05) is 58.8 Å². The molecule has 0 radical (unpaired) electrons. The van der Waals surface area contributed by atoms with Gasteiger partial charge in [-0.25, -0.2) is 0 Å². The molecule has 0 bridgehead atoms. The molecule has 0 spiro atoms. The molecule has 1 aliphatic heterocycles. The van der Waals surface area contributed by atoms with Crippen molar-refractivity contribution in [1.82, 2.24) is 20.4 Å². The highest BCUT2D eigenvalue weighted by atomic mass is 127. The molecule has 1 fully saturated rings. The van der Waals surface area contributed by atoms with Gasteiger partial charge in [0.05, 0.1) is 6.54 Å². The molecule has 7 nitrogen and oxygen atoms in total. The Morgan fingerprint density at radius 3 is 2.43 bits per heavy atom. The summed E-state index contributed by atoms with van der Waals surface area (Å²) in [7, 11) is 5.72. The lowest BCUT2D eigenvalue weighted by molar-refractivity contribution is -0.122. The van der Waals surface area contributed by atoms with Gasteiger partial charge in [0.2, 0.25) is 5.91 Å². The molecule has 9 heteroatoms. The molecule has 0 aromatic heterocycles. The van der Waals surface area contributed by atoms with Gasteiger partial charge in [-0.1, -0.05) is 17.7 Å². The number of nitrogens with zero attached hydrogens (tertiary/aromatic N) is 4. The Kier molecular flexibility index (Phi) is 10.7. The van der Waals surface area contributed by atoms with Crippen LogP contribution in [0.15, 0.2) is 23.2 Å². The van der Waals surface area contributed by atoms with Crippen molar-refractivity contribution in [2.24, 2.45) is 4.99 Å². The third-order valence-electron chi connectivity index (χ3n) is 4.83. The van der Waals surface area contributed by atoms with E-state index < -0.39 is 0 Å². The van der Waals surface area contributed by atoms with Gasteiger partial charge in [-0.15, -0.1) is 24.0 Å². The molecule has 0 unspecified atom stereocenters. The first-order chi connectivity index (χ1) is 13.6. The third kappa shape index (κ3) is 8.11. The summed E-state index contributed by atoms with van der Waals surface area (Å²) in [5.41, 5.74) is 1.94. The predicted molar refractivity (Wildman–Crippen MR) is 137 cm³/mol. The zero-order valence-electron chi connectivity index (χ0n) is 19.0. The standard InChI is InChI=1S/C21H35ClN6O.HI/c1-21(2,3)25-19(29)15-27(6)20(23-4)24-14-16-17(22)8-7-9-18(16)28-12-10-26(5)11-13-28;/h7-9H,10-15H2,1-6H3,(H,23,24)(H,25,29);1H. The maximum Gasteiger partial charge on any atom is 0.240 e. The lowest BCUT2D eigenvalue weighted by atomic mass is 10.1. The molecule has 170 valence electrons. The second-order valence-electron chi connectivity index (χ2n) is 8.58. The molecule has 30 heavy (non-hydrogen) atoms. The average Bonchev–Trinajstić information content (AvgIpc) is 2.62. The fraction of sp³-hybridized carbons (Fsp3) is 0.619. The van der Waals surface area contributed by atoms with Gasteiger partial charge in [-0.2, -0.15) is 0 Å². The number of carbonyl (C=O) groups excluding carboxylic acids is 1. The molecule has 0 saturated carbocycles. The molecule has 2 rings (SSSR count). The van der Waals surface area contributed by atoms with Crippen molar-refractivity contribution in [2.45, 2.75) is 32.9 Å². The maximum absolute atomic E-state index is 12.2. The van der Waals surface area contributed by atoms with Crippen LogP contribution in [0.5, 0.6) is 0 Å². The molecule has 0 aliphatic carbocycles. The maximum atomic E-state index is 12.2. The van der Waals surface area contributed by atoms with E-state index in [4.69, 9.17) is 11.6 Å². The van der Waals surface area contributed by atoms with Gasteiger partial charge in [-0.3, -0.25) is 9.79 Å². The number of aliphatic imine (C=N–C) groups is 1. The van der Waals surface area contributed by atoms with Crippen LogP contribution in [0.1, 0.15) is 26.3 Å². The van der Waals surface area contributed by atoms with Crippen molar-refractivity contribution >= 4 is 53.1 Å². The molecular formula is C21H36ClIN6O. The molecule has 1 heterocycles. The highest BCUT2D eigenvalue weighted by Crippen LogP contribution is 2.28. The number of carbonyl (C=O) groups is 1. The van der Waals surface area contributed by atoms with E-state index in [0.717, 1.165) is 42.5 Å². The van der Waals surface area contributed by atoms with Gasteiger partial charge in [-0.05, 0) is 40.0 Å². The number of hydrogen-bond donors (Lipinski definition) is 2. The van der Waals surface area contributed by atoms with Gasteiger partial charge < -0.3 is 25.3 Å². The van der Waals surface area contributed by atoms with Crippen LogP contribution in [0.4, 0.5) is 5.69 Å². The van der Waals surface area contributed by atoms with Crippen LogP contribution >= 0.6 is 35.6 Å². The lowest BCUT2D eigenvalue weighted by Gasteiger charge is -2.35. The number of piperazine rings is 1. The minimum absolute atomic E-state index is 0. The first-order valence-corrected chi connectivity index (χ1v) is 10.4. The Bertz CT molecular complexity index is 729. The zero-order valence-corrected chi connectivity index (χ0v) is 22.0. The smallest absolute Gasteiger partial charge is 0.240 e. The average molecular weight is 551 g/mol. The first-order valence-electron chi connectivity index (χ1n) is 10.0. The van der Waals surface area contributed by atoms with Crippen LogP contribution in [0.25, 0.3) is 0 Å². The van der Waals surface area contributed by atoms with Crippen LogP contribution in [0, 0.1) is 0 Å². The zero-order chi connectivity index (χ0) is 21.6. The quantitative estimate of drug-likeness (QED) is 0.335. The number of amides is 1. The van der Waals surface area contributed by atoms with E-state index in [-0.39, 0.29) is 42.0 Å². The van der Waals surface area contributed by atoms with Gasteiger partial charge in [0.15, 0.2) is 5.96 Å². The molecule has 2 N–H and O–H groups in total. The van der Waals surface area contributed by atoms with Crippen molar-refractivity contribution in [1.29, 1.82) is 0 Å². The summed E-state index contributed by atoms with van der Waals surface area (Å²) < 4.78 is 0. The highest BCUT2D eigenvalue weighted by Gasteiger charge is 2.20. The van der Waals surface area contributed by atoms with Crippen molar-refractivity contribution in [3.05, 3.63) is 28.8 Å². The molecule has 1 aromatic rings. The van der Waals surface area contributed by atoms with E-state index in [9.17, 15) is 4.79 Å². The molecule has 1 saturated heterocycles. The summed E-state index contributed by atoms with van der Waals surface area (Å²) >= 11 is 6.55. The number of guanidine groups is 1. The molecule has 1 aliphatic rings. The monoisotopic (exact) mass is 550 g/mol. The topological polar surface area (TPSA) is 63.2 Å². The Balaban J connectivity index is 0.00000450. The van der Waals surface area contributed by atoms with Crippen molar-refractivity contribution < 1.29 is 4.79 Å². The molecular weight excluding hydrogens is 515 g/mol. The number of halogens is 2. The number of benzene rings is 1. The summed E-state index contributed by atoms with van der Waals surface area (Å²) in [6, 6.07) is 6.04. The predicted octanol–water partition coefficient (Wildman–Crippen LogP) is 2.63. The van der Waals surface area contributed by atoms with Gasteiger partial charge in [0, 0.05) is 68.6 Å². The number of rotatable bonds is 5. The lowest BCUT2D eigenvalue weighted by Crippen LogP contribution is -2.48. The first kappa shape index (κ1) is 26.8. The minimum atomic E-state index is -0.260. The van der Waals surface area contributed by atoms with Crippen molar-refractivity contribution in [3.63, 3.8) is 0 Å². The van der Waals surface area contributed by atoms with E-state index in [1.807, 2.05) is 44.9 Å². The van der Waals surface area contributed by atoms with Crippen LogP contribution in [-0.2, 0) is 11.3 Å². The molecule has 1 aromatic carbocycles. The number of likely N-dealkylation sites (N-methyl/N-ethyl adjacent to an activating group) is 2. The number of hydrogen-bond acceptors (Lipinski definition) is 4. The summed E-state index contributed by atoms with van der Waals surface area (Å²) in [5, 5.41) is 7.06. The normalized spacial score (nSPS) is 15.4. The Morgan fingerprint density at radius 2 is 1.87 bits per heavy atom. The second kappa shape index (κ2) is 12.0. The Hall–Kier alpha value is -1.26. The van der Waals surface area contributed by atoms with Gasteiger partial charge >= 0.3 is 0 Å². The fourth-order valence-corrected chi connectivity index (χ4v) is 3.60. The summed E-state index contributed by atoms with van der Waals surface area (Å²) in [6.07, 6.45) is 0. The van der Waals surface area contributed by atoms with E-state index in [1.54, 1.807) is 7.05 Å². The number of anilines is 1. The minimum Gasteiger partial charge on any atom is -0.369 e. The number of nitrogens with one attached hydrogen (secondary N) is 2. The Labute approximate surface area is 203 Å². The Morgan fingerprint density at radius 1 is 1.23 bits per heavy atom. The molecule has 0 atom stereocenters. The van der Waals surface area contributed by atoms with Crippen LogP contribution in [0.2, 0.25) is 5.02 Å². The molecule has 1 amide bonds. The van der Waals surface area contributed by atoms with Crippen molar-refractivity contribution in [3.8, 4) is 0 Å². The fourth-order valence-electron chi connectivity index (χ4n) is 3.37. The third-order valence-corrected chi connectivity index (χ3v) is 5.18. The van der Waals surface area contributed by atoms with Crippen LogP contribution < -0.4 is 15.5 Å².